The Morgan fingerprint density at radius 3 is 2.81 bits per heavy atom. The number of thiazole rings is 1. The average Bonchev–Trinajstić information content (AvgIpc) is 2.92. The molecule has 1 aliphatic carbocycles. The zero-order chi connectivity index (χ0) is 15.0. The summed E-state index contributed by atoms with van der Waals surface area (Å²) in [5, 5.41) is 1.45. The Morgan fingerprint density at radius 1 is 1.33 bits per heavy atom. The molecule has 0 radical (unpaired) electrons. The van der Waals surface area contributed by atoms with Crippen molar-refractivity contribution in [3.63, 3.8) is 0 Å². The van der Waals surface area contributed by atoms with E-state index in [1.165, 1.54) is 4.88 Å². The monoisotopic (exact) mass is 324 g/mol. The molecule has 0 bridgehead atoms. The van der Waals surface area contributed by atoms with Gasteiger partial charge >= 0.3 is 0 Å². The van der Waals surface area contributed by atoms with E-state index in [0.717, 1.165) is 35.5 Å². The molecule has 0 spiro atoms. The first-order valence-corrected chi connectivity index (χ1v) is 8.00. The van der Waals surface area contributed by atoms with E-state index in [9.17, 15) is 0 Å². The molecule has 2 N–H and O–H groups in total. The fourth-order valence-electron chi connectivity index (χ4n) is 2.62. The molecule has 1 aliphatic rings. The van der Waals surface area contributed by atoms with Crippen LogP contribution in [0.1, 0.15) is 29.5 Å². The number of halogens is 1. The summed E-state index contributed by atoms with van der Waals surface area (Å²) >= 11 is 7.95. The third-order valence-electron chi connectivity index (χ3n) is 3.68. The molecule has 112 valence electrons. The molecule has 1 unspecified atom stereocenters. The Labute approximate surface area is 132 Å². The fourth-order valence-corrected chi connectivity index (χ4v) is 4.07. The Hall–Kier alpha value is -1.30. The highest BCUT2D eigenvalue weighted by molar-refractivity contribution is 7.15. The Morgan fingerprint density at radius 2 is 2.14 bits per heavy atom. The molecule has 4 nitrogen and oxygen atoms in total. The van der Waals surface area contributed by atoms with Gasteiger partial charge in [0.05, 0.1) is 24.9 Å². The minimum Gasteiger partial charge on any atom is -0.493 e. The lowest BCUT2D eigenvalue weighted by atomic mass is 9.99. The van der Waals surface area contributed by atoms with Crippen LogP contribution in [0.3, 0.4) is 0 Å². The van der Waals surface area contributed by atoms with Crippen molar-refractivity contribution in [2.45, 2.75) is 25.3 Å². The molecule has 1 aromatic carbocycles. The maximum absolute atomic E-state index is 6.27. The number of fused-ring (bicyclic) bond motifs is 1. The molecule has 3 rings (SSSR count). The molecule has 1 atom stereocenters. The van der Waals surface area contributed by atoms with Gasteiger partial charge in [0.1, 0.15) is 5.01 Å². The summed E-state index contributed by atoms with van der Waals surface area (Å²) in [5.74, 6) is 1.15. The molecule has 2 aromatic rings. The van der Waals surface area contributed by atoms with E-state index in [1.807, 2.05) is 12.1 Å². The molecule has 6 heteroatoms. The van der Waals surface area contributed by atoms with Crippen LogP contribution in [0.5, 0.6) is 11.5 Å². The predicted octanol–water partition coefficient (Wildman–Crippen LogP) is 3.82. The smallest absolute Gasteiger partial charge is 0.179 e. The first kappa shape index (κ1) is 14.6. The zero-order valence-corrected chi connectivity index (χ0v) is 13.6. The molecule has 0 aliphatic heterocycles. The number of ether oxygens (including phenoxy) is 2. The maximum Gasteiger partial charge on any atom is 0.179 e. The van der Waals surface area contributed by atoms with Crippen molar-refractivity contribution in [3.8, 4) is 22.1 Å². The number of methoxy groups -OCH3 is 2. The number of nitrogens with two attached hydrogens (primary N) is 1. The van der Waals surface area contributed by atoms with Crippen LogP contribution in [0.4, 0.5) is 0 Å². The van der Waals surface area contributed by atoms with Crippen LogP contribution in [-0.4, -0.2) is 19.2 Å². The summed E-state index contributed by atoms with van der Waals surface area (Å²) in [7, 11) is 3.17. The van der Waals surface area contributed by atoms with Gasteiger partial charge in [-0.1, -0.05) is 11.6 Å². The number of aromatic nitrogens is 1. The summed E-state index contributed by atoms with van der Waals surface area (Å²) < 4.78 is 10.6. The van der Waals surface area contributed by atoms with Gasteiger partial charge in [-0.25, -0.2) is 4.98 Å². The van der Waals surface area contributed by atoms with E-state index < -0.39 is 0 Å². The van der Waals surface area contributed by atoms with Crippen LogP contribution in [0.15, 0.2) is 12.1 Å². The second-order valence-corrected chi connectivity index (χ2v) is 6.51. The second-order valence-electron chi connectivity index (χ2n) is 5.02. The van der Waals surface area contributed by atoms with Crippen LogP contribution in [-0.2, 0) is 6.42 Å². The third-order valence-corrected chi connectivity index (χ3v) is 5.14. The van der Waals surface area contributed by atoms with Crippen molar-refractivity contribution < 1.29 is 9.47 Å². The van der Waals surface area contributed by atoms with Crippen molar-refractivity contribution in [3.05, 3.63) is 27.7 Å². The topological polar surface area (TPSA) is 57.4 Å². The van der Waals surface area contributed by atoms with Gasteiger partial charge in [0.15, 0.2) is 11.5 Å². The lowest BCUT2D eigenvalue weighted by molar-refractivity contribution is 0.355. The van der Waals surface area contributed by atoms with Crippen LogP contribution in [0.25, 0.3) is 10.6 Å². The van der Waals surface area contributed by atoms with Crippen molar-refractivity contribution in [2.75, 3.05) is 14.2 Å². The van der Waals surface area contributed by atoms with Crippen LogP contribution in [0, 0.1) is 0 Å². The van der Waals surface area contributed by atoms with Gasteiger partial charge in [0.2, 0.25) is 0 Å². The fraction of sp³-hybridized carbons (Fsp3) is 0.400. The summed E-state index contributed by atoms with van der Waals surface area (Å²) in [6.45, 7) is 0. The largest absolute Gasteiger partial charge is 0.493 e. The van der Waals surface area contributed by atoms with Crippen molar-refractivity contribution >= 4 is 22.9 Å². The second kappa shape index (κ2) is 5.83. The summed E-state index contributed by atoms with van der Waals surface area (Å²) in [4.78, 5) is 6.00. The van der Waals surface area contributed by atoms with Crippen molar-refractivity contribution in [2.24, 2.45) is 5.73 Å². The lowest BCUT2D eigenvalue weighted by Gasteiger charge is -2.15. The Bertz CT molecular complexity index is 672. The third kappa shape index (κ3) is 2.61. The highest BCUT2D eigenvalue weighted by Gasteiger charge is 2.23. The summed E-state index contributed by atoms with van der Waals surface area (Å²) in [5.41, 5.74) is 8.11. The van der Waals surface area contributed by atoms with E-state index in [4.69, 9.17) is 31.8 Å². The molecular formula is C15H17ClN2O2S. The molecule has 0 fully saturated rings. The molecule has 21 heavy (non-hydrogen) atoms. The van der Waals surface area contributed by atoms with Crippen LogP contribution in [0.2, 0.25) is 5.02 Å². The Kier molecular flexibility index (Phi) is 4.06. The SMILES string of the molecule is COc1cc(-c2nc3c(s2)CCCC3N)cc(Cl)c1OC. The quantitative estimate of drug-likeness (QED) is 0.932. The molecule has 0 saturated heterocycles. The predicted molar refractivity (Wildman–Crippen MR) is 85.5 cm³/mol. The van der Waals surface area contributed by atoms with Gasteiger partial charge in [0.25, 0.3) is 0 Å². The number of nitrogens with zero attached hydrogens (tertiary/aromatic N) is 1. The van der Waals surface area contributed by atoms with Crippen molar-refractivity contribution in [1.29, 1.82) is 0 Å². The minimum atomic E-state index is 0.0503. The number of hydrogen-bond acceptors (Lipinski definition) is 5. The van der Waals surface area contributed by atoms with Crippen LogP contribution < -0.4 is 15.2 Å². The van der Waals surface area contributed by atoms with Crippen molar-refractivity contribution in [1.82, 2.24) is 4.98 Å². The Balaban J connectivity index is 2.07. The minimum absolute atomic E-state index is 0.0503. The number of rotatable bonds is 3. The zero-order valence-electron chi connectivity index (χ0n) is 12.0. The van der Waals surface area contributed by atoms with Gasteiger partial charge < -0.3 is 15.2 Å². The van der Waals surface area contributed by atoms with E-state index in [-0.39, 0.29) is 6.04 Å². The molecule has 0 saturated carbocycles. The normalized spacial score (nSPS) is 17.4. The first-order chi connectivity index (χ1) is 10.1. The average molecular weight is 325 g/mol. The molecular weight excluding hydrogens is 308 g/mol. The van der Waals surface area contributed by atoms with E-state index in [0.29, 0.717) is 16.5 Å². The summed E-state index contributed by atoms with van der Waals surface area (Å²) in [6, 6.07) is 3.81. The molecule has 1 heterocycles. The molecule has 0 amide bonds. The van der Waals surface area contributed by atoms with Crippen LogP contribution >= 0.6 is 22.9 Å². The van der Waals surface area contributed by atoms with Gasteiger partial charge in [-0.15, -0.1) is 11.3 Å². The maximum atomic E-state index is 6.27. The van der Waals surface area contributed by atoms with E-state index in [2.05, 4.69) is 0 Å². The van der Waals surface area contributed by atoms with E-state index >= 15 is 0 Å². The lowest BCUT2D eigenvalue weighted by Crippen LogP contribution is -2.16. The standard InChI is InChI=1S/C15H17ClN2O2S/c1-19-11-7-8(6-9(16)14(11)20-2)15-18-13-10(17)4-3-5-12(13)21-15/h6-7,10H,3-5,17H2,1-2H3. The van der Waals surface area contributed by atoms with Gasteiger partial charge in [-0.2, -0.15) is 0 Å². The molecule has 1 aromatic heterocycles. The number of benzene rings is 1. The first-order valence-electron chi connectivity index (χ1n) is 6.81. The van der Waals surface area contributed by atoms with Gasteiger partial charge in [-0.05, 0) is 31.4 Å². The van der Waals surface area contributed by atoms with E-state index in [1.54, 1.807) is 25.6 Å². The number of aryl methyl sites for hydroxylation is 1. The van der Waals surface area contributed by atoms with Gasteiger partial charge in [0, 0.05) is 16.5 Å². The highest BCUT2D eigenvalue weighted by Crippen LogP contribution is 2.42. The highest BCUT2D eigenvalue weighted by atomic mass is 35.5. The summed E-state index contributed by atoms with van der Waals surface area (Å²) in [6.07, 6.45) is 3.19. The number of hydrogen-bond donors (Lipinski definition) is 1. The van der Waals surface area contributed by atoms with Gasteiger partial charge in [-0.3, -0.25) is 0 Å².